The minimum Gasteiger partial charge on any atom is -0.358 e. The molecule has 1 aliphatic carbocycles. The van der Waals surface area contributed by atoms with E-state index in [4.69, 9.17) is 0 Å². The van der Waals surface area contributed by atoms with Gasteiger partial charge in [0, 0.05) is 17.0 Å². The van der Waals surface area contributed by atoms with Gasteiger partial charge in [-0.2, -0.15) is 5.10 Å². The Bertz CT molecular complexity index is 491. The number of fused-ring (bicyclic) bond motifs is 3. The smallest absolute Gasteiger partial charge is 0.0583 e. The molecule has 0 aliphatic heterocycles. The molecule has 0 bridgehead atoms. The molecule has 0 aromatic carbocycles. The van der Waals surface area contributed by atoms with Crippen LogP contribution in [0.1, 0.15) is 22.5 Å². The SMILES string of the molecule is Cc1[nH]c2c(c1C)CCc1[nH]ncc1-2. The highest BCUT2D eigenvalue weighted by molar-refractivity contribution is 5.70. The fourth-order valence-corrected chi connectivity index (χ4v) is 2.28. The number of hydrogen-bond donors (Lipinski definition) is 2. The Morgan fingerprint density at radius 3 is 3.00 bits per heavy atom. The second kappa shape index (κ2) is 2.50. The van der Waals surface area contributed by atoms with Crippen LogP contribution in [-0.2, 0) is 12.8 Å². The summed E-state index contributed by atoms with van der Waals surface area (Å²) in [6.07, 6.45) is 4.13. The maximum atomic E-state index is 4.10. The molecule has 1 aliphatic rings. The third-order valence-electron chi connectivity index (χ3n) is 3.24. The number of aryl methyl sites for hydroxylation is 2. The van der Waals surface area contributed by atoms with E-state index in [2.05, 4.69) is 29.0 Å². The molecule has 0 saturated carbocycles. The summed E-state index contributed by atoms with van der Waals surface area (Å²) in [4.78, 5) is 3.45. The normalized spacial score (nSPS) is 13.9. The molecule has 14 heavy (non-hydrogen) atoms. The average molecular weight is 187 g/mol. The largest absolute Gasteiger partial charge is 0.358 e. The molecule has 72 valence electrons. The molecule has 0 spiro atoms. The number of hydrogen-bond acceptors (Lipinski definition) is 1. The molecular formula is C11H13N3. The number of nitrogens with zero attached hydrogens (tertiary/aromatic N) is 1. The molecule has 2 N–H and O–H groups in total. The van der Waals surface area contributed by atoms with Crippen molar-refractivity contribution in [2.24, 2.45) is 0 Å². The van der Waals surface area contributed by atoms with Crippen molar-refractivity contribution in [2.45, 2.75) is 26.7 Å². The fraction of sp³-hybridized carbons (Fsp3) is 0.364. The van der Waals surface area contributed by atoms with E-state index in [0.29, 0.717) is 0 Å². The number of aromatic nitrogens is 3. The summed E-state index contributed by atoms with van der Waals surface area (Å²) in [5.74, 6) is 0. The van der Waals surface area contributed by atoms with Crippen LogP contribution in [0, 0.1) is 13.8 Å². The maximum absolute atomic E-state index is 4.10. The standard InChI is InChI=1S/C11H13N3/c1-6-7(2)13-11-8(6)3-4-10-9(11)5-12-14-10/h5,13H,3-4H2,1-2H3,(H,12,14). The predicted octanol–water partition coefficient (Wildman–Crippen LogP) is 2.12. The van der Waals surface area contributed by atoms with E-state index in [1.54, 1.807) is 0 Å². The van der Waals surface area contributed by atoms with Crippen molar-refractivity contribution in [1.29, 1.82) is 0 Å². The van der Waals surface area contributed by atoms with E-state index >= 15 is 0 Å². The summed E-state index contributed by atoms with van der Waals surface area (Å²) in [5, 5.41) is 7.15. The van der Waals surface area contributed by atoms with Crippen molar-refractivity contribution in [1.82, 2.24) is 15.2 Å². The van der Waals surface area contributed by atoms with Gasteiger partial charge in [0.15, 0.2) is 0 Å². The first-order valence-corrected chi connectivity index (χ1v) is 4.98. The lowest BCUT2D eigenvalue weighted by Crippen LogP contribution is -2.02. The molecule has 3 heteroatoms. The maximum Gasteiger partial charge on any atom is 0.0583 e. The summed E-state index contributed by atoms with van der Waals surface area (Å²) >= 11 is 0. The molecule has 2 aromatic rings. The van der Waals surface area contributed by atoms with Gasteiger partial charge in [0.2, 0.25) is 0 Å². The minimum atomic E-state index is 1.08. The average Bonchev–Trinajstić information content (AvgIpc) is 2.73. The van der Waals surface area contributed by atoms with Gasteiger partial charge in [-0.05, 0) is 37.8 Å². The van der Waals surface area contributed by atoms with Crippen molar-refractivity contribution in [3.63, 3.8) is 0 Å². The zero-order valence-corrected chi connectivity index (χ0v) is 8.44. The summed E-state index contributed by atoms with van der Waals surface area (Å²) in [5.41, 5.74) is 7.95. The Labute approximate surface area is 82.5 Å². The lowest BCUT2D eigenvalue weighted by molar-refractivity contribution is 0.878. The third-order valence-corrected chi connectivity index (χ3v) is 3.24. The van der Waals surface area contributed by atoms with Gasteiger partial charge in [0.05, 0.1) is 11.9 Å². The molecule has 0 unspecified atom stereocenters. The fourth-order valence-electron chi connectivity index (χ4n) is 2.28. The molecule has 3 nitrogen and oxygen atoms in total. The minimum absolute atomic E-state index is 1.08. The molecule has 2 heterocycles. The lowest BCUT2D eigenvalue weighted by atomic mass is 9.93. The van der Waals surface area contributed by atoms with Crippen LogP contribution in [0.15, 0.2) is 6.20 Å². The van der Waals surface area contributed by atoms with E-state index in [-0.39, 0.29) is 0 Å². The highest BCUT2D eigenvalue weighted by atomic mass is 15.1. The van der Waals surface area contributed by atoms with Crippen LogP contribution in [0.4, 0.5) is 0 Å². The first kappa shape index (κ1) is 7.85. The number of rotatable bonds is 0. The highest BCUT2D eigenvalue weighted by Gasteiger charge is 2.21. The molecule has 0 atom stereocenters. The van der Waals surface area contributed by atoms with Crippen LogP contribution in [-0.4, -0.2) is 15.2 Å². The quantitative estimate of drug-likeness (QED) is 0.652. The summed E-state index contributed by atoms with van der Waals surface area (Å²) < 4.78 is 0. The van der Waals surface area contributed by atoms with Crippen molar-refractivity contribution in [2.75, 3.05) is 0 Å². The van der Waals surface area contributed by atoms with E-state index < -0.39 is 0 Å². The first-order valence-electron chi connectivity index (χ1n) is 4.98. The van der Waals surface area contributed by atoms with E-state index in [1.165, 1.54) is 33.8 Å². The van der Waals surface area contributed by atoms with Crippen LogP contribution >= 0.6 is 0 Å². The molecule has 0 fully saturated rings. The predicted molar refractivity (Wildman–Crippen MR) is 55.3 cm³/mol. The Morgan fingerprint density at radius 2 is 2.14 bits per heavy atom. The molecule has 0 radical (unpaired) electrons. The van der Waals surface area contributed by atoms with Crippen molar-refractivity contribution >= 4 is 0 Å². The number of aromatic amines is 2. The van der Waals surface area contributed by atoms with Crippen molar-refractivity contribution in [3.05, 3.63) is 28.7 Å². The second-order valence-corrected chi connectivity index (χ2v) is 3.99. The van der Waals surface area contributed by atoms with Crippen LogP contribution in [0.2, 0.25) is 0 Å². The Morgan fingerprint density at radius 1 is 1.29 bits per heavy atom. The van der Waals surface area contributed by atoms with Gasteiger partial charge < -0.3 is 4.98 Å². The Balaban J connectivity index is 2.31. The first-order chi connectivity index (χ1) is 6.77. The van der Waals surface area contributed by atoms with Gasteiger partial charge in [-0.15, -0.1) is 0 Å². The lowest BCUT2D eigenvalue weighted by Gasteiger charge is -2.11. The highest BCUT2D eigenvalue weighted by Crippen LogP contribution is 2.34. The molecular weight excluding hydrogens is 174 g/mol. The van der Waals surface area contributed by atoms with Gasteiger partial charge in [0.25, 0.3) is 0 Å². The van der Waals surface area contributed by atoms with Gasteiger partial charge in [-0.1, -0.05) is 0 Å². The van der Waals surface area contributed by atoms with Gasteiger partial charge in [0.1, 0.15) is 0 Å². The van der Waals surface area contributed by atoms with Gasteiger partial charge in [-0.25, -0.2) is 0 Å². The summed E-state index contributed by atoms with van der Waals surface area (Å²) in [7, 11) is 0. The summed E-state index contributed by atoms with van der Waals surface area (Å²) in [6.45, 7) is 4.32. The zero-order chi connectivity index (χ0) is 9.71. The monoisotopic (exact) mass is 187 g/mol. The van der Waals surface area contributed by atoms with Crippen LogP contribution in [0.5, 0.6) is 0 Å². The summed E-state index contributed by atoms with van der Waals surface area (Å²) in [6, 6.07) is 0. The topological polar surface area (TPSA) is 44.5 Å². The molecule has 0 amide bonds. The third kappa shape index (κ3) is 0.842. The van der Waals surface area contributed by atoms with Crippen molar-refractivity contribution < 1.29 is 0 Å². The van der Waals surface area contributed by atoms with Crippen LogP contribution in [0.3, 0.4) is 0 Å². The Kier molecular flexibility index (Phi) is 1.40. The molecule has 3 rings (SSSR count). The number of nitrogens with one attached hydrogen (secondary N) is 2. The Hall–Kier alpha value is -1.51. The number of H-pyrrole nitrogens is 2. The van der Waals surface area contributed by atoms with E-state index in [0.717, 1.165) is 12.8 Å². The second-order valence-electron chi connectivity index (χ2n) is 3.99. The van der Waals surface area contributed by atoms with Gasteiger partial charge in [-0.3, -0.25) is 5.10 Å². The molecule has 2 aromatic heterocycles. The van der Waals surface area contributed by atoms with Crippen LogP contribution in [0.25, 0.3) is 11.3 Å². The molecule has 0 saturated heterocycles. The van der Waals surface area contributed by atoms with Crippen LogP contribution < -0.4 is 0 Å². The van der Waals surface area contributed by atoms with E-state index in [9.17, 15) is 0 Å². The van der Waals surface area contributed by atoms with Crippen molar-refractivity contribution in [3.8, 4) is 11.3 Å². The zero-order valence-electron chi connectivity index (χ0n) is 8.44. The van der Waals surface area contributed by atoms with Gasteiger partial charge >= 0.3 is 0 Å². The van der Waals surface area contributed by atoms with E-state index in [1.807, 2.05) is 6.20 Å².